The monoisotopic (exact) mass is 391 g/mol. The average Bonchev–Trinajstić information content (AvgIpc) is 3.14. The van der Waals surface area contributed by atoms with Crippen LogP contribution in [0.2, 0.25) is 5.02 Å². The highest BCUT2D eigenvalue weighted by atomic mass is 35.5. The lowest BCUT2D eigenvalue weighted by Crippen LogP contribution is -2.38. The van der Waals surface area contributed by atoms with Gasteiger partial charge in [-0.05, 0) is 42.6 Å². The Hall–Kier alpha value is -2.35. The Morgan fingerprint density at radius 2 is 2.04 bits per heavy atom. The van der Waals surface area contributed by atoms with Gasteiger partial charge in [0.15, 0.2) is 5.11 Å². The standard InChI is InChI=1S/C18H18ClN3O3S/c19-14-4-1-5-15(17(14)22-8-11-24-12-9-22)20-18(26)21-16(23)7-6-13-3-2-10-25-13/h1-7,10H,8-9,11-12H2,(H2,20,21,23,26)/b7-6+. The van der Waals surface area contributed by atoms with Crippen LogP contribution in [-0.4, -0.2) is 37.3 Å². The van der Waals surface area contributed by atoms with Crippen molar-refractivity contribution in [3.8, 4) is 0 Å². The Kier molecular flexibility index (Phi) is 6.27. The van der Waals surface area contributed by atoms with Gasteiger partial charge in [-0.3, -0.25) is 10.1 Å². The summed E-state index contributed by atoms with van der Waals surface area (Å²) in [5.74, 6) is 0.234. The van der Waals surface area contributed by atoms with Gasteiger partial charge < -0.3 is 19.4 Å². The van der Waals surface area contributed by atoms with Crippen LogP contribution >= 0.6 is 23.8 Å². The first-order chi connectivity index (χ1) is 12.6. The van der Waals surface area contributed by atoms with Gasteiger partial charge in [0.1, 0.15) is 5.76 Å². The molecule has 6 nitrogen and oxygen atoms in total. The minimum absolute atomic E-state index is 0.191. The molecule has 1 saturated heterocycles. The van der Waals surface area contributed by atoms with Gasteiger partial charge in [-0.2, -0.15) is 0 Å². The molecular formula is C18H18ClN3O3S. The quantitative estimate of drug-likeness (QED) is 0.615. The maximum Gasteiger partial charge on any atom is 0.250 e. The first-order valence-corrected chi connectivity index (χ1v) is 8.87. The second kappa shape index (κ2) is 8.84. The molecule has 0 aliphatic carbocycles. The van der Waals surface area contributed by atoms with Crippen LogP contribution < -0.4 is 15.5 Å². The molecule has 1 aliphatic heterocycles. The lowest BCUT2D eigenvalue weighted by atomic mass is 10.2. The van der Waals surface area contributed by atoms with E-state index in [9.17, 15) is 4.79 Å². The highest BCUT2D eigenvalue weighted by Gasteiger charge is 2.18. The summed E-state index contributed by atoms with van der Waals surface area (Å²) in [5, 5.41) is 6.46. The third-order valence-electron chi connectivity index (χ3n) is 3.74. The summed E-state index contributed by atoms with van der Waals surface area (Å²) in [5.41, 5.74) is 1.58. The second-order valence-corrected chi connectivity index (χ2v) is 6.34. The number of benzene rings is 1. The summed E-state index contributed by atoms with van der Waals surface area (Å²) in [6.07, 6.45) is 4.46. The summed E-state index contributed by atoms with van der Waals surface area (Å²) in [7, 11) is 0. The third kappa shape index (κ3) is 4.85. The summed E-state index contributed by atoms with van der Waals surface area (Å²) < 4.78 is 10.5. The summed E-state index contributed by atoms with van der Waals surface area (Å²) >= 11 is 11.6. The SMILES string of the molecule is O=C(/C=C/c1ccco1)NC(=S)Nc1cccc(Cl)c1N1CCOCC1. The van der Waals surface area contributed by atoms with E-state index in [1.54, 1.807) is 18.2 Å². The molecule has 26 heavy (non-hydrogen) atoms. The number of rotatable bonds is 4. The van der Waals surface area contributed by atoms with E-state index in [-0.39, 0.29) is 11.0 Å². The Morgan fingerprint density at radius 1 is 1.23 bits per heavy atom. The fourth-order valence-corrected chi connectivity index (χ4v) is 3.08. The van der Waals surface area contributed by atoms with Crippen LogP contribution in [0.15, 0.2) is 47.1 Å². The number of carbonyl (C=O) groups is 1. The Labute approximate surface area is 161 Å². The molecule has 1 aromatic carbocycles. The van der Waals surface area contributed by atoms with Gasteiger partial charge >= 0.3 is 0 Å². The van der Waals surface area contributed by atoms with Gasteiger partial charge in [-0.25, -0.2) is 0 Å². The molecule has 1 amide bonds. The van der Waals surface area contributed by atoms with Crippen molar-refractivity contribution in [2.24, 2.45) is 0 Å². The van der Waals surface area contributed by atoms with Crippen molar-refractivity contribution in [1.82, 2.24) is 5.32 Å². The van der Waals surface area contributed by atoms with Crippen molar-refractivity contribution < 1.29 is 13.9 Å². The van der Waals surface area contributed by atoms with Crippen molar-refractivity contribution in [2.45, 2.75) is 0 Å². The highest BCUT2D eigenvalue weighted by Crippen LogP contribution is 2.34. The zero-order valence-corrected chi connectivity index (χ0v) is 15.5. The zero-order chi connectivity index (χ0) is 18.4. The number of halogens is 1. The van der Waals surface area contributed by atoms with E-state index in [0.29, 0.717) is 24.0 Å². The largest absolute Gasteiger partial charge is 0.465 e. The lowest BCUT2D eigenvalue weighted by molar-refractivity contribution is -0.115. The topological polar surface area (TPSA) is 66.7 Å². The first-order valence-electron chi connectivity index (χ1n) is 8.08. The number of furan rings is 1. The molecule has 0 radical (unpaired) electrons. The predicted molar refractivity (Wildman–Crippen MR) is 107 cm³/mol. The van der Waals surface area contributed by atoms with E-state index in [4.69, 9.17) is 33.0 Å². The number of morpholine rings is 1. The zero-order valence-electron chi connectivity index (χ0n) is 13.9. The molecule has 2 heterocycles. The normalized spacial score (nSPS) is 14.4. The van der Waals surface area contributed by atoms with Crippen molar-refractivity contribution in [3.05, 3.63) is 53.5 Å². The molecule has 1 aromatic heterocycles. The van der Waals surface area contributed by atoms with Crippen LogP contribution in [0.3, 0.4) is 0 Å². The van der Waals surface area contributed by atoms with Crippen molar-refractivity contribution in [2.75, 3.05) is 36.5 Å². The molecule has 3 rings (SSSR count). The van der Waals surface area contributed by atoms with E-state index in [1.807, 2.05) is 18.2 Å². The third-order valence-corrected chi connectivity index (χ3v) is 4.25. The summed E-state index contributed by atoms with van der Waals surface area (Å²) in [6.45, 7) is 2.76. The van der Waals surface area contributed by atoms with Crippen LogP contribution in [0, 0.1) is 0 Å². The minimum atomic E-state index is -0.353. The summed E-state index contributed by atoms with van der Waals surface area (Å²) in [6, 6.07) is 9.02. The maximum absolute atomic E-state index is 12.0. The number of para-hydroxylation sites is 1. The molecule has 1 fully saturated rings. The van der Waals surface area contributed by atoms with Crippen LogP contribution in [-0.2, 0) is 9.53 Å². The number of anilines is 2. The number of hydrogen-bond donors (Lipinski definition) is 2. The van der Waals surface area contributed by atoms with Crippen molar-refractivity contribution in [1.29, 1.82) is 0 Å². The predicted octanol–water partition coefficient (Wildman–Crippen LogP) is 3.30. The molecule has 0 unspecified atom stereocenters. The molecule has 136 valence electrons. The molecule has 8 heteroatoms. The fourth-order valence-electron chi connectivity index (χ4n) is 2.58. The van der Waals surface area contributed by atoms with Crippen LogP contribution in [0.4, 0.5) is 11.4 Å². The Balaban J connectivity index is 1.65. The molecule has 0 spiro atoms. The number of thiocarbonyl (C=S) groups is 1. The highest BCUT2D eigenvalue weighted by molar-refractivity contribution is 7.80. The van der Waals surface area contributed by atoms with Gasteiger partial charge in [0, 0.05) is 19.2 Å². The van der Waals surface area contributed by atoms with Crippen LogP contribution in [0.5, 0.6) is 0 Å². The van der Waals surface area contributed by atoms with Gasteiger partial charge in [0.2, 0.25) is 5.91 Å². The molecular weight excluding hydrogens is 374 g/mol. The van der Waals surface area contributed by atoms with E-state index in [1.165, 1.54) is 12.3 Å². The first kappa shape index (κ1) is 18.4. The van der Waals surface area contributed by atoms with E-state index in [0.717, 1.165) is 24.5 Å². The van der Waals surface area contributed by atoms with Gasteiger partial charge in [0.05, 0.1) is 35.9 Å². The number of hydrogen-bond acceptors (Lipinski definition) is 5. The molecule has 0 bridgehead atoms. The maximum atomic E-state index is 12.0. The van der Waals surface area contributed by atoms with E-state index in [2.05, 4.69) is 15.5 Å². The Bertz CT molecular complexity index is 802. The summed E-state index contributed by atoms with van der Waals surface area (Å²) in [4.78, 5) is 14.1. The van der Waals surface area contributed by atoms with E-state index >= 15 is 0 Å². The fraction of sp³-hybridized carbons (Fsp3) is 0.222. The number of nitrogens with one attached hydrogen (secondary N) is 2. The van der Waals surface area contributed by atoms with E-state index < -0.39 is 0 Å². The molecule has 2 aromatic rings. The van der Waals surface area contributed by atoms with Crippen LogP contribution in [0.1, 0.15) is 5.76 Å². The van der Waals surface area contributed by atoms with Crippen molar-refractivity contribution in [3.63, 3.8) is 0 Å². The number of amides is 1. The molecule has 0 saturated carbocycles. The van der Waals surface area contributed by atoms with Crippen molar-refractivity contribution >= 4 is 52.3 Å². The second-order valence-electron chi connectivity index (χ2n) is 5.53. The average molecular weight is 392 g/mol. The van der Waals surface area contributed by atoms with Gasteiger partial charge in [0.25, 0.3) is 0 Å². The number of nitrogens with zero attached hydrogens (tertiary/aromatic N) is 1. The smallest absolute Gasteiger partial charge is 0.250 e. The molecule has 0 atom stereocenters. The van der Waals surface area contributed by atoms with Gasteiger partial charge in [-0.1, -0.05) is 17.7 Å². The Morgan fingerprint density at radius 3 is 2.77 bits per heavy atom. The lowest BCUT2D eigenvalue weighted by Gasteiger charge is -2.31. The number of ether oxygens (including phenoxy) is 1. The van der Waals surface area contributed by atoms with Gasteiger partial charge in [-0.15, -0.1) is 0 Å². The van der Waals surface area contributed by atoms with Crippen LogP contribution in [0.25, 0.3) is 6.08 Å². The molecule has 1 aliphatic rings. The molecule has 2 N–H and O–H groups in total. The number of carbonyl (C=O) groups excluding carboxylic acids is 1. The minimum Gasteiger partial charge on any atom is -0.465 e.